The first-order valence-electron chi connectivity index (χ1n) is 4.03. The smallest absolute Gasteiger partial charge is 0.149 e. The van der Waals surface area contributed by atoms with E-state index in [9.17, 15) is 4.39 Å². The minimum atomic E-state index is -0.309. The Morgan fingerprint density at radius 1 is 1.46 bits per heavy atom. The minimum Gasteiger partial charge on any atom is -0.205 e. The predicted molar refractivity (Wildman–Crippen MR) is 56.5 cm³/mol. The number of hydrogen-bond acceptors (Lipinski definition) is 0. The van der Waals surface area contributed by atoms with Crippen molar-refractivity contribution in [3.8, 4) is 0 Å². The van der Waals surface area contributed by atoms with E-state index in [-0.39, 0.29) is 10.8 Å². The second kappa shape index (κ2) is 3.43. The Hall–Kier alpha value is -0.340. The second-order valence-electron chi connectivity index (χ2n) is 2.99. The molecule has 0 fully saturated rings. The molecule has 0 radical (unpaired) electrons. The third-order valence-electron chi connectivity index (χ3n) is 2.16. The van der Waals surface area contributed by atoms with Gasteiger partial charge in [-0.25, -0.2) is 4.39 Å². The van der Waals surface area contributed by atoms with Crippen molar-refractivity contribution in [2.75, 3.05) is 0 Å². The molecule has 0 saturated carbocycles. The highest BCUT2D eigenvalue weighted by Gasteiger charge is 2.15. The Kier molecular flexibility index (Phi) is 2.43. The lowest BCUT2D eigenvalue weighted by Crippen LogP contribution is -1.99. The Bertz CT molecular complexity index is 385. The highest BCUT2D eigenvalue weighted by atomic mass is 79.9. The van der Waals surface area contributed by atoms with Crippen molar-refractivity contribution in [3.63, 3.8) is 0 Å². The van der Waals surface area contributed by atoms with E-state index in [4.69, 9.17) is 11.6 Å². The lowest BCUT2D eigenvalue weighted by molar-refractivity contribution is 0.621. The maximum absolute atomic E-state index is 13.5. The molecule has 3 heteroatoms. The van der Waals surface area contributed by atoms with Gasteiger partial charge in [0.15, 0.2) is 0 Å². The Labute approximate surface area is 89.5 Å². The van der Waals surface area contributed by atoms with E-state index < -0.39 is 0 Å². The van der Waals surface area contributed by atoms with Gasteiger partial charge >= 0.3 is 0 Å². The molecule has 0 spiro atoms. The zero-order valence-corrected chi connectivity index (χ0v) is 9.12. The van der Waals surface area contributed by atoms with Crippen molar-refractivity contribution in [1.29, 1.82) is 0 Å². The first-order valence-corrected chi connectivity index (χ1v) is 5.20. The van der Waals surface area contributed by atoms with E-state index >= 15 is 0 Å². The van der Waals surface area contributed by atoms with Crippen LogP contribution in [0.15, 0.2) is 16.6 Å². The fourth-order valence-electron chi connectivity index (χ4n) is 1.51. The van der Waals surface area contributed by atoms with Crippen LogP contribution in [0.25, 0.3) is 6.08 Å². The second-order valence-corrected chi connectivity index (χ2v) is 4.25. The highest BCUT2D eigenvalue weighted by molar-refractivity contribution is 9.10. The van der Waals surface area contributed by atoms with E-state index in [1.165, 1.54) is 0 Å². The minimum absolute atomic E-state index is 0.178. The van der Waals surface area contributed by atoms with Crippen LogP contribution < -0.4 is 0 Å². The predicted octanol–water partition coefficient (Wildman–Crippen LogP) is 4.20. The van der Waals surface area contributed by atoms with Crippen LogP contribution in [-0.2, 0) is 6.42 Å². The van der Waals surface area contributed by atoms with Crippen molar-refractivity contribution in [1.82, 2.24) is 0 Å². The van der Waals surface area contributed by atoms with Crippen LogP contribution in [0, 0.1) is 5.82 Å². The summed E-state index contributed by atoms with van der Waals surface area (Å²) >= 11 is 9.09. The summed E-state index contributed by atoms with van der Waals surface area (Å²) in [6, 6.07) is 1.62. The lowest BCUT2D eigenvalue weighted by Gasteiger charge is -2.13. The summed E-state index contributed by atoms with van der Waals surface area (Å²) in [7, 11) is 0. The standard InChI is InChI=1S/C10H7BrClF/c11-8-5-9(12)10(13)7-4-2-1-3-6(7)8/h2,4-5H,1,3H2. The molecular formula is C10H7BrClF. The van der Waals surface area contributed by atoms with Gasteiger partial charge < -0.3 is 0 Å². The molecule has 1 aromatic rings. The molecule has 0 N–H and O–H groups in total. The number of hydrogen-bond donors (Lipinski definition) is 0. The van der Waals surface area contributed by atoms with Crippen molar-refractivity contribution in [2.45, 2.75) is 12.8 Å². The molecule has 0 bridgehead atoms. The van der Waals surface area contributed by atoms with Crippen molar-refractivity contribution in [2.24, 2.45) is 0 Å². The zero-order chi connectivity index (χ0) is 9.42. The fraction of sp³-hybridized carbons (Fsp3) is 0.200. The van der Waals surface area contributed by atoms with Gasteiger partial charge in [0, 0.05) is 10.0 Å². The third kappa shape index (κ3) is 1.53. The summed E-state index contributed by atoms with van der Waals surface area (Å²) in [5.74, 6) is -0.309. The van der Waals surface area contributed by atoms with Crippen LogP contribution in [-0.4, -0.2) is 0 Å². The van der Waals surface area contributed by atoms with Gasteiger partial charge in [-0.3, -0.25) is 0 Å². The molecule has 13 heavy (non-hydrogen) atoms. The molecule has 0 atom stereocenters. The van der Waals surface area contributed by atoms with E-state index in [2.05, 4.69) is 15.9 Å². The molecule has 0 nitrogen and oxygen atoms in total. The topological polar surface area (TPSA) is 0 Å². The average molecular weight is 262 g/mol. The van der Waals surface area contributed by atoms with Crippen LogP contribution in [0.4, 0.5) is 4.39 Å². The van der Waals surface area contributed by atoms with Crippen LogP contribution in [0.2, 0.25) is 5.02 Å². The molecule has 1 aliphatic rings. The molecule has 0 aliphatic heterocycles. The van der Waals surface area contributed by atoms with Gasteiger partial charge in [0.2, 0.25) is 0 Å². The van der Waals surface area contributed by atoms with Gasteiger partial charge in [-0.1, -0.05) is 39.7 Å². The number of benzene rings is 1. The molecule has 0 heterocycles. The summed E-state index contributed by atoms with van der Waals surface area (Å²) in [5, 5.41) is 0.178. The summed E-state index contributed by atoms with van der Waals surface area (Å²) in [6.07, 6.45) is 5.60. The van der Waals surface area contributed by atoms with Crippen LogP contribution >= 0.6 is 27.5 Å². The van der Waals surface area contributed by atoms with Gasteiger partial charge in [0.25, 0.3) is 0 Å². The van der Waals surface area contributed by atoms with E-state index in [0.29, 0.717) is 5.56 Å². The van der Waals surface area contributed by atoms with Crippen molar-refractivity contribution < 1.29 is 4.39 Å². The van der Waals surface area contributed by atoms with Crippen LogP contribution in [0.3, 0.4) is 0 Å². The van der Waals surface area contributed by atoms with E-state index in [0.717, 1.165) is 22.9 Å². The van der Waals surface area contributed by atoms with Crippen LogP contribution in [0.1, 0.15) is 17.5 Å². The van der Waals surface area contributed by atoms with Gasteiger partial charge in [0.05, 0.1) is 5.02 Å². The molecule has 0 saturated heterocycles. The van der Waals surface area contributed by atoms with E-state index in [1.54, 1.807) is 12.1 Å². The summed E-state index contributed by atoms with van der Waals surface area (Å²) in [6.45, 7) is 0. The SMILES string of the molecule is Fc1c(Cl)cc(Br)c2c1C=CCC2. The molecule has 0 aromatic heterocycles. The van der Waals surface area contributed by atoms with Gasteiger partial charge in [-0.15, -0.1) is 0 Å². The summed E-state index contributed by atoms with van der Waals surface area (Å²) in [4.78, 5) is 0. The number of fused-ring (bicyclic) bond motifs is 1. The molecule has 2 rings (SSSR count). The first-order chi connectivity index (χ1) is 6.20. The lowest BCUT2D eigenvalue weighted by atomic mass is 9.97. The maximum Gasteiger partial charge on any atom is 0.149 e. The fourth-order valence-corrected chi connectivity index (χ4v) is 2.49. The van der Waals surface area contributed by atoms with Crippen LogP contribution in [0.5, 0.6) is 0 Å². The quantitative estimate of drug-likeness (QED) is 0.614. The Balaban J connectivity index is 2.72. The molecule has 68 valence electrons. The molecular weight excluding hydrogens is 254 g/mol. The number of halogens is 3. The van der Waals surface area contributed by atoms with Gasteiger partial charge in [-0.2, -0.15) is 0 Å². The summed E-state index contributed by atoms with van der Waals surface area (Å²) in [5.41, 5.74) is 1.65. The largest absolute Gasteiger partial charge is 0.205 e. The number of allylic oxidation sites excluding steroid dienone is 1. The maximum atomic E-state index is 13.5. The normalized spacial score (nSPS) is 14.4. The zero-order valence-electron chi connectivity index (χ0n) is 6.78. The molecule has 1 aliphatic carbocycles. The molecule has 0 amide bonds. The van der Waals surface area contributed by atoms with E-state index in [1.807, 2.05) is 6.08 Å². The third-order valence-corrected chi connectivity index (χ3v) is 3.14. The highest BCUT2D eigenvalue weighted by Crippen LogP contribution is 2.33. The average Bonchev–Trinajstić information content (AvgIpc) is 2.15. The van der Waals surface area contributed by atoms with Gasteiger partial charge in [0.1, 0.15) is 5.82 Å². The monoisotopic (exact) mass is 260 g/mol. The molecule has 0 unspecified atom stereocenters. The van der Waals surface area contributed by atoms with Gasteiger partial charge in [-0.05, 0) is 24.5 Å². The van der Waals surface area contributed by atoms with Crippen molar-refractivity contribution >= 4 is 33.6 Å². The van der Waals surface area contributed by atoms with Crippen molar-refractivity contribution in [3.05, 3.63) is 38.6 Å². The summed E-state index contributed by atoms with van der Waals surface area (Å²) < 4.78 is 14.4. The Morgan fingerprint density at radius 2 is 2.23 bits per heavy atom. The molecule has 1 aromatic carbocycles. The first kappa shape index (κ1) is 9.22. The Morgan fingerprint density at radius 3 is 3.00 bits per heavy atom. The number of rotatable bonds is 0.